The van der Waals surface area contributed by atoms with Crippen LogP contribution in [-0.2, 0) is 0 Å². The van der Waals surface area contributed by atoms with Gasteiger partial charge in [0, 0.05) is 4.47 Å². The summed E-state index contributed by atoms with van der Waals surface area (Å²) in [4.78, 5) is 10.8. The van der Waals surface area contributed by atoms with E-state index in [2.05, 4.69) is 22.0 Å². The summed E-state index contributed by atoms with van der Waals surface area (Å²) >= 11 is 3.33. The van der Waals surface area contributed by atoms with Gasteiger partial charge >= 0.3 is 0 Å². The van der Waals surface area contributed by atoms with Gasteiger partial charge in [0.2, 0.25) is 6.79 Å². The second kappa shape index (κ2) is 6.10. The van der Waals surface area contributed by atoms with Gasteiger partial charge in [0.1, 0.15) is 0 Å². The minimum atomic E-state index is -0.510. The Morgan fingerprint density at radius 3 is 2.52 bits per heavy atom. The molecule has 0 saturated carbocycles. The van der Waals surface area contributed by atoms with Crippen molar-refractivity contribution in [2.45, 2.75) is 0 Å². The zero-order valence-electron chi connectivity index (χ0n) is 11.7. The highest BCUT2D eigenvalue weighted by Gasteiger charge is 2.22. The molecule has 0 aromatic heterocycles. The lowest BCUT2D eigenvalue weighted by atomic mass is 10.0. The molecule has 1 heterocycles. The molecular weight excluding hydrogens is 364 g/mol. The quantitative estimate of drug-likeness (QED) is 0.349. The average Bonchev–Trinajstić information content (AvgIpc) is 3.00. The molecule has 1 aliphatic rings. The first-order chi connectivity index (χ1) is 11.1. The van der Waals surface area contributed by atoms with Crippen molar-refractivity contribution in [1.82, 2.24) is 0 Å². The van der Waals surface area contributed by atoms with Crippen LogP contribution in [0.4, 0.5) is 5.69 Å². The van der Waals surface area contributed by atoms with Crippen molar-refractivity contribution in [1.29, 1.82) is 5.26 Å². The molecule has 0 aliphatic carbocycles. The number of rotatable bonds is 3. The van der Waals surface area contributed by atoms with E-state index in [0.29, 0.717) is 28.2 Å². The highest BCUT2D eigenvalue weighted by atomic mass is 79.9. The van der Waals surface area contributed by atoms with E-state index in [1.807, 2.05) is 0 Å². The van der Waals surface area contributed by atoms with Gasteiger partial charge in [-0.2, -0.15) is 5.26 Å². The molecule has 0 atom stereocenters. The SMILES string of the molecule is N#C/C(=C\c1cc2c(cc1[N+](=O)[O-])OCO2)c1ccc(Br)cc1. The van der Waals surface area contributed by atoms with E-state index in [4.69, 9.17) is 9.47 Å². The van der Waals surface area contributed by atoms with Crippen LogP contribution in [-0.4, -0.2) is 11.7 Å². The van der Waals surface area contributed by atoms with E-state index < -0.39 is 4.92 Å². The van der Waals surface area contributed by atoms with Crippen LogP contribution in [0.2, 0.25) is 0 Å². The molecule has 23 heavy (non-hydrogen) atoms. The molecule has 1 aliphatic heterocycles. The number of hydrogen-bond acceptors (Lipinski definition) is 5. The van der Waals surface area contributed by atoms with Gasteiger partial charge in [0.25, 0.3) is 5.69 Å². The molecule has 2 aromatic carbocycles. The standard InChI is InChI=1S/C16H9BrN2O4/c17-13-3-1-10(2-4-13)12(8-18)5-11-6-15-16(23-9-22-15)7-14(11)19(20)21/h1-7H,9H2/b12-5+. The van der Waals surface area contributed by atoms with Crippen LogP contribution in [0.3, 0.4) is 0 Å². The molecule has 0 saturated heterocycles. The predicted molar refractivity (Wildman–Crippen MR) is 86.8 cm³/mol. The summed E-state index contributed by atoms with van der Waals surface area (Å²) in [5.41, 5.74) is 1.14. The number of nitro benzene ring substituents is 1. The van der Waals surface area contributed by atoms with Gasteiger partial charge in [-0.15, -0.1) is 0 Å². The molecule has 3 rings (SSSR count). The smallest absolute Gasteiger partial charge is 0.280 e. The van der Waals surface area contributed by atoms with Crippen molar-refractivity contribution >= 4 is 33.3 Å². The molecule has 0 unspecified atom stereocenters. The van der Waals surface area contributed by atoms with E-state index in [1.54, 1.807) is 24.3 Å². The molecular formula is C16H9BrN2O4. The van der Waals surface area contributed by atoms with Crippen molar-refractivity contribution < 1.29 is 14.4 Å². The third-order valence-corrected chi connectivity index (χ3v) is 3.82. The van der Waals surface area contributed by atoms with E-state index in [1.165, 1.54) is 18.2 Å². The molecule has 0 N–H and O–H groups in total. The summed E-state index contributed by atoms with van der Waals surface area (Å²) in [5, 5.41) is 20.6. The molecule has 0 spiro atoms. The third kappa shape index (κ3) is 3.03. The lowest BCUT2D eigenvalue weighted by Crippen LogP contribution is -1.93. The van der Waals surface area contributed by atoms with Crippen LogP contribution in [0.5, 0.6) is 11.5 Å². The number of halogens is 1. The number of fused-ring (bicyclic) bond motifs is 1. The Kier molecular flexibility index (Phi) is 4.00. The van der Waals surface area contributed by atoms with Crippen molar-refractivity contribution in [3.63, 3.8) is 0 Å². The number of ether oxygens (including phenoxy) is 2. The van der Waals surface area contributed by atoms with Crippen molar-refractivity contribution in [2.75, 3.05) is 6.79 Å². The summed E-state index contributed by atoms with van der Waals surface area (Å²) in [7, 11) is 0. The number of allylic oxidation sites excluding steroid dienone is 1. The average molecular weight is 373 g/mol. The Labute approximate surface area is 139 Å². The van der Waals surface area contributed by atoms with Crippen LogP contribution >= 0.6 is 15.9 Å². The minimum Gasteiger partial charge on any atom is -0.454 e. The van der Waals surface area contributed by atoms with Gasteiger partial charge in [-0.25, -0.2) is 0 Å². The fraction of sp³-hybridized carbons (Fsp3) is 0.0625. The molecule has 114 valence electrons. The normalized spacial score (nSPS) is 12.8. The second-order valence-corrected chi connectivity index (χ2v) is 5.61. The van der Waals surface area contributed by atoms with Crippen LogP contribution in [0.15, 0.2) is 40.9 Å². The van der Waals surface area contributed by atoms with Gasteiger partial charge in [-0.3, -0.25) is 10.1 Å². The zero-order valence-corrected chi connectivity index (χ0v) is 13.2. The van der Waals surface area contributed by atoms with Gasteiger partial charge in [-0.1, -0.05) is 28.1 Å². The minimum absolute atomic E-state index is 0.0253. The third-order valence-electron chi connectivity index (χ3n) is 3.29. The lowest BCUT2D eigenvalue weighted by molar-refractivity contribution is -0.385. The Balaban J connectivity index is 2.11. The largest absolute Gasteiger partial charge is 0.454 e. The molecule has 0 fully saturated rings. The Morgan fingerprint density at radius 2 is 1.91 bits per heavy atom. The number of nitro groups is 1. The first kappa shape index (κ1) is 15.1. The topological polar surface area (TPSA) is 85.4 Å². The van der Waals surface area contributed by atoms with E-state index in [0.717, 1.165) is 4.47 Å². The maximum Gasteiger partial charge on any atom is 0.280 e. The molecule has 0 bridgehead atoms. The highest BCUT2D eigenvalue weighted by molar-refractivity contribution is 9.10. The van der Waals surface area contributed by atoms with Crippen molar-refractivity contribution in [3.8, 4) is 17.6 Å². The Hall–Kier alpha value is -2.85. The molecule has 0 amide bonds. The number of hydrogen-bond donors (Lipinski definition) is 0. The first-order valence-electron chi connectivity index (χ1n) is 6.54. The summed E-state index contributed by atoms with van der Waals surface area (Å²) in [6, 6.07) is 12.0. The maximum atomic E-state index is 11.3. The predicted octanol–water partition coefficient (Wildman–Crippen LogP) is 4.15. The maximum absolute atomic E-state index is 11.3. The molecule has 0 radical (unpaired) electrons. The van der Waals surface area contributed by atoms with E-state index in [-0.39, 0.29) is 12.5 Å². The second-order valence-electron chi connectivity index (χ2n) is 4.70. The van der Waals surface area contributed by atoms with Gasteiger partial charge < -0.3 is 9.47 Å². The molecule has 6 nitrogen and oxygen atoms in total. The fourth-order valence-corrected chi connectivity index (χ4v) is 2.45. The van der Waals surface area contributed by atoms with Crippen molar-refractivity contribution in [3.05, 3.63) is 62.1 Å². The Bertz CT molecular complexity index is 854. The lowest BCUT2D eigenvalue weighted by Gasteiger charge is -2.03. The summed E-state index contributed by atoms with van der Waals surface area (Å²) in [6.45, 7) is 0.0253. The number of benzene rings is 2. The zero-order chi connectivity index (χ0) is 16.4. The summed E-state index contributed by atoms with van der Waals surface area (Å²) in [5.74, 6) is 0.756. The van der Waals surface area contributed by atoms with Crippen LogP contribution in [0, 0.1) is 21.4 Å². The number of nitriles is 1. The van der Waals surface area contributed by atoms with Gasteiger partial charge in [-0.05, 0) is 29.8 Å². The van der Waals surface area contributed by atoms with Crippen LogP contribution in [0.1, 0.15) is 11.1 Å². The fourth-order valence-electron chi connectivity index (χ4n) is 2.19. The molecule has 2 aromatic rings. The molecule has 7 heteroatoms. The van der Waals surface area contributed by atoms with Crippen LogP contribution in [0.25, 0.3) is 11.6 Å². The van der Waals surface area contributed by atoms with E-state index >= 15 is 0 Å². The Morgan fingerprint density at radius 1 is 1.26 bits per heavy atom. The highest BCUT2D eigenvalue weighted by Crippen LogP contribution is 2.39. The number of nitrogens with zero attached hydrogens (tertiary/aromatic N) is 2. The van der Waals surface area contributed by atoms with Crippen molar-refractivity contribution in [2.24, 2.45) is 0 Å². The summed E-state index contributed by atoms with van der Waals surface area (Å²) < 4.78 is 11.3. The van der Waals surface area contributed by atoms with Gasteiger partial charge in [0.05, 0.1) is 28.2 Å². The monoisotopic (exact) mass is 372 g/mol. The van der Waals surface area contributed by atoms with Gasteiger partial charge in [0.15, 0.2) is 11.5 Å². The van der Waals surface area contributed by atoms with Crippen LogP contribution < -0.4 is 9.47 Å². The summed E-state index contributed by atoms with van der Waals surface area (Å²) in [6.07, 6.45) is 1.48. The van der Waals surface area contributed by atoms with E-state index in [9.17, 15) is 15.4 Å². The first-order valence-corrected chi connectivity index (χ1v) is 7.33.